The van der Waals surface area contributed by atoms with Crippen molar-refractivity contribution in [2.75, 3.05) is 85.9 Å². The third kappa shape index (κ3) is 12.6. The standard InChI is InChI=1S/C18H30N2O10/c1-2-28-17(21)16(20-19)18(22)30-14-15-13-27-10-9-25-6-5-23-3-4-24-7-8-26-11-12-29-15/h15H,2-14H2,1H3. The monoisotopic (exact) mass is 434 g/mol. The molecule has 1 heterocycles. The van der Waals surface area contributed by atoms with Crippen LogP contribution in [-0.2, 0) is 47.5 Å². The maximum absolute atomic E-state index is 11.9. The number of carbonyl (C=O) groups excluding carboxylic acids is 2. The normalized spacial score (nSPS) is 20.8. The fourth-order valence-corrected chi connectivity index (χ4v) is 2.11. The molecule has 1 atom stereocenters. The maximum Gasteiger partial charge on any atom is 0.482 e. The van der Waals surface area contributed by atoms with Gasteiger partial charge in [-0.25, -0.2) is 9.59 Å². The predicted molar refractivity (Wildman–Crippen MR) is 100 cm³/mol. The van der Waals surface area contributed by atoms with E-state index in [1.807, 2.05) is 0 Å². The van der Waals surface area contributed by atoms with Crippen molar-refractivity contribution in [2.45, 2.75) is 13.0 Å². The largest absolute Gasteiger partial charge is 0.482 e. The third-order valence-electron chi connectivity index (χ3n) is 3.54. The SMILES string of the molecule is CCOC(=O)C(=[N+]=[N-])C(=O)OCC1COCCOCCOCCOCCOCCO1. The van der Waals surface area contributed by atoms with Crippen LogP contribution in [0.1, 0.15) is 6.92 Å². The molecule has 1 saturated heterocycles. The summed E-state index contributed by atoms with van der Waals surface area (Å²) in [6.45, 7) is 5.33. The Balaban J connectivity index is 2.47. The van der Waals surface area contributed by atoms with Gasteiger partial charge in [0.25, 0.3) is 0 Å². The van der Waals surface area contributed by atoms with E-state index in [0.717, 1.165) is 0 Å². The van der Waals surface area contributed by atoms with Crippen molar-refractivity contribution in [3.05, 3.63) is 5.53 Å². The molecule has 30 heavy (non-hydrogen) atoms. The first-order valence-electron chi connectivity index (χ1n) is 9.75. The molecule has 0 amide bonds. The summed E-state index contributed by atoms with van der Waals surface area (Å²) in [7, 11) is 0. The van der Waals surface area contributed by atoms with Crippen LogP contribution in [-0.4, -0.2) is 114 Å². The minimum absolute atomic E-state index is 0.0178. The fourth-order valence-electron chi connectivity index (χ4n) is 2.11. The van der Waals surface area contributed by atoms with Crippen molar-refractivity contribution >= 4 is 17.7 Å². The zero-order valence-corrected chi connectivity index (χ0v) is 17.2. The van der Waals surface area contributed by atoms with Gasteiger partial charge in [-0.3, -0.25) is 0 Å². The zero-order valence-electron chi connectivity index (χ0n) is 17.2. The number of nitrogens with zero attached hydrogens (tertiary/aromatic N) is 2. The molecule has 0 spiro atoms. The Morgan fingerprint density at radius 2 is 1.27 bits per heavy atom. The molecule has 12 heteroatoms. The summed E-state index contributed by atoms with van der Waals surface area (Å²) in [6.07, 6.45) is -0.627. The molecule has 172 valence electrons. The van der Waals surface area contributed by atoms with Gasteiger partial charge in [-0.15, -0.1) is 0 Å². The van der Waals surface area contributed by atoms with Crippen molar-refractivity contribution in [2.24, 2.45) is 0 Å². The highest BCUT2D eigenvalue weighted by Crippen LogP contribution is 1.99. The average molecular weight is 434 g/mol. The van der Waals surface area contributed by atoms with E-state index in [4.69, 9.17) is 38.7 Å². The summed E-state index contributed by atoms with van der Waals surface area (Å²) in [5.74, 6) is -2.21. The lowest BCUT2D eigenvalue weighted by Gasteiger charge is -2.18. The summed E-state index contributed by atoms with van der Waals surface area (Å²) in [4.78, 5) is 26.1. The van der Waals surface area contributed by atoms with Crippen LogP contribution in [0.25, 0.3) is 5.53 Å². The summed E-state index contributed by atoms with van der Waals surface area (Å²) in [6, 6.07) is 0. The highest BCUT2D eigenvalue weighted by atomic mass is 16.6. The van der Waals surface area contributed by atoms with E-state index in [-0.39, 0.29) is 26.4 Å². The van der Waals surface area contributed by atoms with Gasteiger partial charge in [-0.05, 0) is 6.92 Å². The van der Waals surface area contributed by atoms with Gasteiger partial charge in [0.15, 0.2) is 0 Å². The average Bonchev–Trinajstić information content (AvgIpc) is 2.73. The quantitative estimate of drug-likeness (QED) is 0.178. The van der Waals surface area contributed by atoms with Crippen molar-refractivity contribution in [3.8, 4) is 0 Å². The number of hydrogen-bond donors (Lipinski definition) is 0. The Morgan fingerprint density at radius 3 is 1.77 bits per heavy atom. The first-order chi connectivity index (χ1) is 14.7. The van der Waals surface area contributed by atoms with Crippen molar-refractivity contribution in [1.82, 2.24) is 0 Å². The molecule has 0 radical (unpaired) electrons. The van der Waals surface area contributed by atoms with Crippen LogP contribution in [0.3, 0.4) is 0 Å². The molecule has 0 bridgehead atoms. The van der Waals surface area contributed by atoms with Crippen LogP contribution < -0.4 is 0 Å². The van der Waals surface area contributed by atoms with Crippen LogP contribution >= 0.6 is 0 Å². The molecule has 1 aliphatic heterocycles. The molecule has 0 saturated carbocycles. The molecule has 1 fully saturated rings. The first-order valence-corrected chi connectivity index (χ1v) is 9.75. The van der Waals surface area contributed by atoms with E-state index in [0.29, 0.717) is 59.5 Å². The number of ether oxygens (including phenoxy) is 8. The Labute approximate surface area is 175 Å². The van der Waals surface area contributed by atoms with Gasteiger partial charge in [-0.2, -0.15) is 4.79 Å². The highest BCUT2D eigenvalue weighted by molar-refractivity contribution is 6.60. The molecule has 1 rings (SSSR count). The summed E-state index contributed by atoms with van der Waals surface area (Å²) < 4.78 is 42.2. The fraction of sp³-hybridized carbons (Fsp3) is 0.833. The molecule has 1 aliphatic rings. The number of esters is 2. The van der Waals surface area contributed by atoms with E-state index >= 15 is 0 Å². The van der Waals surface area contributed by atoms with Gasteiger partial charge in [-0.1, -0.05) is 0 Å². The lowest BCUT2D eigenvalue weighted by atomic mass is 10.3. The predicted octanol–water partition coefficient (Wildman–Crippen LogP) is -0.755. The number of hydrogen-bond acceptors (Lipinski definition) is 10. The van der Waals surface area contributed by atoms with Crippen molar-refractivity contribution in [1.29, 1.82) is 0 Å². The molecule has 0 aromatic carbocycles. The minimum atomic E-state index is -1.13. The zero-order chi connectivity index (χ0) is 21.9. The molecule has 0 aliphatic carbocycles. The van der Waals surface area contributed by atoms with Crippen LogP contribution in [0, 0.1) is 0 Å². The third-order valence-corrected chi connectivity index (χ3v) is 3.54. The molecule has 0 aromatic rings. The molecule has 1 unspecified atom stereocenters. The second kappa shape index (κ2) is 17.9. The maximum atomic E-state index is 11.9. The topological polar surface area (TPSA) is 144 Å². The Bertz CT molecular complexity index is 521. The van der Waals surface area contributed by atoms with Gasteiger partial charge in [0.1, 0.15) is 12.7 Å². The second-order valence-electron chi connectivity index (χ2n) is 5.78. The minimum Gasteiger partial charge on any atom is -0.457 e. The van der Waals surface area contributed by atoms with E-state index in [2.05, 4.69) is 9.53 Å². The van der Waals surface area contributed by atoms with Crippen molar-refractivity contribution in [3.63, 3.8) is 0 Å². The van der Waals surface area contributed by atoms with E-state index in [1.54, 1.807) is 6.92 Å². The molecule has 0 N–H and O–H groups in total. The Kier molecular flexibility index (Phi) is 15.6. The molecular formula is C18H30N2O10. The Morgan fingerprint density at radius 1 is 0.800 bits per heavy atom. The lowest BCUT2D eigenvalue weighted by molar-refractivity contribution is -0.153. The lowest BCUT2D eigenvalue weighted by Crippen LogP contribution is -2.34. The van der Waals surface area contributed by atoms with Crippen LogP contribution in [0.2, 0.25) is 0 Å². The number of rotatable bonds is 5. The van der Waals surface area contributed by atoms with Crippen LogP contribution in [0.4, 0.5) is 0 Å². The Hall–Kier alpha value is -1.92. The van der Waals surface area contributed by atoms with E-state index < -0.39 is 23.8 Å². The smallest absolute Gasteiger partial charge is 0.457 e. The highest BCUT2D eigenvalue weighted by Gasteiger charge is 2.33. The molecule has 12 nitrogen and oxygen atoms in total. The molecule has 0 aromatic heterocycles. The van der Waals surface area contributed by atoms with Gasteiger partial charge in [0.2, 0.25) is 0 Å². The first kappa shape index (κ1) is 26.1. The number of carbonyl (C=O) groups is 2. The van der Waals surface area contributed by atoms with Gasteiger partial charge in [0, 0.05) is 0 Å². The summed E-state index contributed by atoms with van der Waals surface area (Å²) in [5.41, 5.74) is 8.00. The van der Waals surface area contributed by atoms with Gasteiger partial charge >= 0.3 is 17.7 Å². The van der Waals surface area contributed by atoms with E-state index in [9.17, 15) is 9.59 Å². The summed E-state index contributed by atoms with van der Waals surface area (Å²) in [5, 5.41) is 0. The van der Waals surface area contributed by atoms with Crippen LogP contribution in [0.15, 0.2) is 0 Å². The van der Waals surface area contributed by atoms with Gasteiger partial charge in [0.05, 0.1) is 79.3 Å². The molecular weight excluding hydrogens is 404 g/mol. The van der Waals surface area contributed by atoms with Gasteiger partial charge < -0.3 is 43.4 Å². The second-order valence-corrected chi connectivity index (χ2v) is 5.78. The van der Waals surface area contributed by atoms with Crippen molar-refractivity contribution < 1.29 is 52.3 Å². The van der Waals surface area contributed by atoms with E-state index in [1.165, 1.54) is 0 Å². The summed E-state index contributed by atoms with van der Waals surface area (Å²) >= 11 is 0. The van der Waals surface area contributed by atoms with Crippen LogP contribution in [0.5, 0.6) is 0 Å².